The maximum Gasteiger partial charge on any atom is 0.243 e. The van der Waals surface area contributed by atoms with Gasteiger partial charge in [0.05, 0.1) is 28.6 Å². The van der Waals surface area contributed by atoms with Crippen LogP contribution in [0.25, 0.3) is 22.4 Å². The minimum Gasteiger partial charge on any atom is -0.379 e. The van der Waals surface area contributed by atoms with E-state index in [0.29, 0.717) is 42.7 Å². The molecule has 6 nitrogen and oxygen atoms in total. The van der Waals surface area contributed by atoms with Gasteiger partial charge in [0.25, 0.3) is 0 Å². The Balaban J connectivity index is 1.66. The van der Waals surface area contributed by atoms with Gasteiger partial charge in [-0.15, -0.1) is 0 Å². The number of H-pyrrole nitrogens is 1. The number of imidazole rings is 1. The van der Waals surface area contributed by atoms with E-state index >= 15 is 0 Å². The van der Waals surface area contributed by atoms with Gasteiger partial charge in [-0.2, -0.15) is 4.31 Å². The van der Waals surface area contributed by atoms with Crippen molar-refractivity contribution in [2.24, 2.45) is 0 Å². The summed E-state index contributed by atoms with van der Waals surface area (Å²) in [6.45, 7) is 1.62. The summed E-state index contributed by atoms with van der Waals surface area (Å²) in [6.07, 6.45) is 0. The number of halogens is 1. The lowest BCUT2D eigenvalue weighted by Gasteiger charge is -2.26. The second kappa shape index (κ2) is 6.42. The highest BCUT2D eigenvalue weighted by atomic mass is 35.5. The Hall–Kier alpha value is -1.93. The predicted octanol–water partition coefficient (Wildman–Crippen LogP) is 2.90. The van der Waals surface area contributed by atoms with Gasteiger partial charge < -0.3 is 9.72 Å². The SMILES string of the molecule is O=S(=O)(c1ccc(-c2nc3c(Cl)cccc3[nH]2)cc1)N1CCOCC1. The summed E-state index contributed by atoms with van der Waals surface area (Å²) in [4.78, 5) is 7.97. The smallest absolute Gasteiger partial charge is 0.243 e. The number of aromatic amines is 1. The third-order valence-corrected chi connectivity index (χ3v) is 6.42. The Morgan fingerprint density at radius 1 is 1.08 bits per heavy atom. The van der Waals surface area contributed by atoms with Gasteiger partial charge in [-0.25, -0.2) is 13.4 Å². The molecule has 0 spiro atoms. The van der Waals surface area contributed by atoms with E-state index in [1.54, 1.807) is 30.3 Å². The van der Waals surface area contributed by atoms with Gasteiger partial charge in [0.1, 0.15) is 11.3 Å². The molecule has 3 aromatic rings. The molecule has 2 heterocycles. The molecule has 0 aliphatic carbocycles. The third kappa shape index (κ3) is 3.04. The van der Waals surface area contributed by atoms with Crippen molar-refractivity contribution in [2.75, 3.05) is 26.3 Å². The van der Waals surface area contributed by atoms with Crippen molar-refractivity contribution in [3.63, 3.8) is 0 Å². The zero-order valence-corrected chi connectivity index (χ0v) is 14.8. The molecule has 0 amide bonds. The minimum absolute atomic E-state index is 0.271. The molecular formula is C17H16ClN3O3S. The highest BCUT2D eigenvalue weighted by Gasteiger charge is 2.26. The quantitative estimate of drug-likeness (QED) is 0.761. The van der Waals surface area contributed by atoms with Crippen molar-refractivity contribution in [2.45, 2.75) is 4.90 Å². The highest BCUT2D eigenvalue weighted by molar-refractivity contribution is 7.89. The fourth-order valence-corrected chi connectivity index (χ4v) is 4.48. The van der Waals surface area contributed by atoms with Crippen molar-refractivity contribution in [1.29, 1.82) is 0 Å². The van der Waals surface area contributed by atoms with Gasteiger partial charge in [-0.3, -0.25) is 0 Å². The van der Waals surface area contributed by atoms with E-state index in [0.717, 1.165) is 11.1 Å². The molecular weight excluding hydrogens is 362 g/mol. The summed E-state index contributed by atoms with van der Waals surface area (Å²) in [5.41, 5.74) is 2.34. The summed E-state index contributed by atoms with van der Waals surface area (Å²) in [7, 11) is -3.49. The van der Waals surface area contributed by atoms with Crippen LogP contribution in [0.5, 0.6) is 0 Å². The minimum atomic E-state index is -3.49. The average molecular weight is 378 g/mol. The lowest BCUT2D eigenvalue weighted by Crippen LogP contribution is -2.40. The Morgan fingerprint density at radius 3 is 2.48 bits per heavy atom. The Bertz CT molecular complexity index is 1010. The second-order valence-electron chi connectivity index (χ2n) is 5.76. The third-order valence-electron chi connectivity index (χ3n) is 4.20. The molecule has 0 saturated carbocycles. The van der Waals surface area contributed by atoms with E-state index in [9.17, 15) is 8.42 Å². The summed E-state index contributed by atoms with van der Waals surface area (Å²) in [6, 6.07) is 12.2. The second-order valence-corrected chi connectivity index (χ2v) is 8.11. The molecule has 130 valence electrons. The van der Waals surface area contributed by atoms with Crippen molar-refractivity contribution in [1.82, 2.24) is 14.3 Å². The van der Waals surface area contributed by atoms with Crippen LogP contribution >= 0.6 is 11.6 Å². The molecule has 0 radical (unpaired) electrons. The Morgan fingerprint density at radius 2 is 1.80 bits per heavy atom. The average Bonchev–Trinajstić information content (AvgIpc) is 3.08. The van der Waals surface area contributed by atoms with Gasteiger partial charge in [0.15, 0.2) is 0 Å². The zero-order chi connectivity index (χ0) is 17.4. The number of ether oxygens (including phenoxy) is 1. The van der Waals surface area contributed by atoms with Crippen LogP contribution in [0.1, 0.15) is 0 Å². The standard InChI is InChI=1S/C17H16ClN3O3S/c18-14-2-1-3-15-16(14)20-17(19-15)12-4-6-13(7-5-12)25(22,23)21-8-10-24-11-9-21/h1-7H,8-11H2,(H,19,20). The number of para-hydroxylation sites is 1. The molecule has 0 atom stereocenters. The first kappa shape index (κ1) is 16.5. The molecule has 2 aromatic carbocycles. The van der Waals surface area contributed by atoms with Crippen LogP contribution in [-0.4, -0.2) is 49.0 Å². The maximum absolute atomic E-state index is 12.7. The molecule has 0 bridgehead atoms. The number of hydrogen-bond donors (Lipinski definition) is 1. The molecule has 1 fully saturated rings. The largest absolute Gasteiger partial charge is 0.379 e. The maximum atomic E-state index is 12.7. The molecule has 0 unspecified atom stereocenters. The van der Waals surface area contributed by atoms with Crippen LogP contribution in [0.3, 0.4) is 0 Å². The number of aromatic nitrogens is 2. The molecule has 1 aliphatic heterocycles. The number of nitrogens with zero attached hydrogens (tertiary/aromatic N) is 2. The molecule has 25 heavy (non-hydrogen) atoms. The molecule has 4 rings (SSSR count). The van der Waals surface area contributed by atoms with Crippen molar-refractivity contribution < 1.29 is 13.2 Å². The van der Waals surface area contributed by atoms with Crippen LogP contribution in [0.4, 0.5) is 0 Å². The summed E-state index contributed by atoms with van der Waals surface area (Å²) < 4.78 is 32.0. The number of hydrogen-bond acceptors (Lipinski definition) is 4. The van der Waals surface area contributed by atoms with E-state index < -0.39 is 10.0 Å². The number of morpholine rings is 1. The molecule has 1 aromatic heterocycles. The predicted molar refractivity (Wildman–Crippen MR) is 96.1 cm³/mol. The van der Waals surface area contributed by atoms with Crippen molar-refractivity contribution >= 4 is 32.7 Å². The number of rotatable bonds is 3. The Labute approximate surface area is 150 Å². The number of benzene rings is 2. The normalized spacial score (nSPS) is 16.4. The first-order chi connectivity index (χ1) is 12.1. The van der Waals surface area contributed by atoms with E-state index in [2.05, 4.69) is 9.97 Å². The first-order valence-corrected chi connectivity index (χ1v) is 9.70. The molecule has 1 saturated heterocycles. The van der Waals surface area contributed by atoms with Crippen LogP contribution in [0.2, 0.25) is 5.02 Å². The Kier molecular flexibility index (Phi) is 4.24. The van der Waals surface area contributed by atoms with E-state index in [-0.39, 0.29) is 4.90 Å². The fraction of sp³-hybridized carbons (Fsp3) is 0.235. The molecule has 1 N–H and O–H groups in total. The topological polar surface area (TPSA) is 75.3 Å². The fourth-order valence-electron chi connectivity index (χ4n) is 2.85. The van der Waals surface area contributed by atoms with Gasteiger partial charge in [0, 0.05) is 18.7 Å². The highest BCUT2D eigenvalue weighted by Crippen LogP contribution is 2.26. The van der Waals surface area contributed by atoms with Crippen LogP contribution < -0.4 is 0 Å². The van der Waals surface area contributed by atoms with E-state index in [1.807, 2.05) is 12.1 Å². The van der Waals surface area contributed by atoms with Crippen LogP contribution in [-0.2, 0) is 14.8 Å². The monoisotopic (exact) mass is 377 g/mol. The number of fused-ring (bicyclic) bond motifs is 1. The lowest BCUT2D eigenvalue weighted by molar-refractivity contribution is 0.0730. The summed E-state index contributed by atoms with van der Waals surface area (Å²) in [5, 5.41) is 0.575. The van der Waals surface area contributed by atoms with Crippen LogP contribution in [0, 0.1) is 0 Å². The van der Waals surface area contributed by atoms with Gasteiger partial charge in [-0.1, -0.05) is 17.7 Å². The van der Waals surface area contributed by atoms with Gasteiger partial charge >= 0.3 is 0 Å². The summed E-state index contributed by atoms with van der Waals surface area (Å²) >= 11 is 6.15. The van der Waals surface area contributed by atoms with E-state index in [1.165, 1.54) is 4.31 Å². The van der Waals surface area contributed by atoms with Gasteiger partial charge in [0.2, 0.25) is 10.0 Å². The number of sulfonamides is 1. The number of nitrogens with one attached hydrogen (secondary N) is 1. The van der Waals surface area contributed by atoms with Gasteiger partial charge in [-0.05, 0) is 36.4 Å². The zero-order valence-electron chi connectivity index (χ0n) is 13.3. The molecule has 1 aliphatic rings. The lowest BCUT2D eigenvalue weighted by atomic mass is 10.2. The summed E-state index contributed by atoms with van der Waals surface area (Å²) in [5.74, 6) is 0.651. The van der Waals surface area contributed by atoms with Crippen molar-refractivity contribution in [3.05, 3.63) is 47.5 Å². The van der Waals surface area contributed by atoms with Crippen molar-refractivity contribution in [3.8, 4) is 11.4 Å². The molecule has 8 heteroatoms. The van der Waals surface area contributed by atoms with E-state index in [4.69, 9.17) is 16.3 Å². The van der Waals surface area contributed by atoms with Crippen LogP contribution in [0.15, 0.2) is 47.4 Å². The first-order valence-electron chi connectivity index (χ1n) is 7.88.